The van der Waals surface area contributed by atoms with E-state index in [1.54, 1.807) is 6.26 Å². The maximum absolute atomic E-state index is 8.90. The van der Waals surface area contributed by atoms with Gasteiger partial charge in [-0.15, -0.1) is 0 Å². The van der Waals surface area contributed by atoms with Gasteiger partial charge in [0.15, 0.2) is 5.89 Å². The lowest BCUT2D eigenvalue weighted by molar-refractivity contribution is 0.262. The molecule has 90 valence electrons. The summed E-state index contributed by atoms with van der Waals surface area (Å²) in [6.07, 6.45) is 3.66. The molecule has 0 spiro atoms. The van der Waals surface area contributed by atoms with Crippen molar-refractivity contribution in [3.63, 3.8) is 0 Å². The third-order valence-electron chi connectivity index (χ3n) is 3.27. The summed E-state index contributed by atoms with van der Waals surface area (Å²) in [7, 11) is 0. The molecule has 0 bridgehead atoms. The average molecular weight is 224 g/mol. The van der Waals surface area contributed by atoms with Crippen LogP contribution in [0.4, 0.5) is 0 Å². The Hall–Kier alpha value is -0.870. The van der Waals surface area contributed by atoms with Gasteiger partial charge >= 0.3 is 0 Å². The molecule has 1 aliphatic heterocycles. The fourth-order valence-electron chi connectivity index (χ4n) is 2.26. The van der Waals surface area contributed by atoms with E-state index in [1.807, 2.05) is 0 Å². The molecule has 0 aliphatic carbocycles. The molecule has 0 amide bonds. The van der Waals surface area contributed by atoms with Crippen LogP contribution in [0.2, 0.25) is 0 Å². The van der Waals surface area contributed by atoms with Gasteiger partial charge in [0.25, 0.3) is 0 Å². The molecule has 2 heterocycles. The van der Waals surface area contributed by atoms with Crippen molar-refractivity contribution in [1.29, 1.82) is 0 Å². The fourth-order valence-corrected chi connectivity index (χ4v) is 2.26. The van der Waals surface area contributed by atoms with Gasteiger partial charge in [-0.3, -0.25) is 0 Å². The normalized spacial score (nSPS) is 22.1. The zero-order chi connectivity index (χ0) is 11.5. The lowest BCUT2D eigenvalue weighted by atomic mass is 10.1. The molecule has 1 fully saturated rings. The maximum Gasteiger partial charge on any atom is 0.194 e. The molecule has 1 aliphatic rings. The highest BCUT2D eigenvalue weighted by atomic mass is 16.3. The van der Waals surface area contributed by atoms with Crippen molar-refractivity contribution in [3.8, 4) is 0 Å². The molecule has 1 atom stereocenters. The molecule has 0 saturated carbocycles. The quantitative estimate of drug-likeness (QED) is 0.840. The van der Waals surface area contributed by atoms with Gasteiger partial charge in [-0.05, 0) is 32.7 Å². The zero-order valence-corrected chi connectivity index (χ0v) is 10.0. The standard InChI is InChI=1S/C12H20N2O2/c1-9(2)14-4-3-10(6-14)5-12-13-11(7-15)8-16-12/h8-10,15H,3-7H2,1-2H3. The molecule has 1 aromatic heterocycles. The largest absolute Gasteiger partial charge is 0.449 e. The predicted octanol–water partition coefficient (Wildman–Crippen LogP) is 1.44. The van der Waals surface area contributed by atoms with E-state index in [2.05, 4.69) is 23.7 Å². The maximum atomic E-state index is 8.90. The molecule has 0 radical (unpaired) electrons. The topological polar surface area (TPSA) is 49.5 Å². The SMILES string of the molecule is CC(C)N1CCC(Cc2nc(CO)co2)C1. The molecule has 2 rings (SSSR count). The van der Waals surface area contributed by atoms with Crippen molar-refractivity contribution in [2.24, 2.45) is 5.92 Å². The Kier molecular flexibility index (Phi) is 3.61. The minimum Gasteiger partial charge on any atom is -0.449 e. The summed E-state index contributed by atoms with van der Waals surface area (Å²) in [6, 6.07) is 0.627. The molecule has 1 aromatic rings. The summed E-state index contributed by atoms with van der Waals surface area (Å²) in [5.74, 6) is 1.41. The molecular formula is C12H20N2O2. The van der Waals surface area contributed by atoms with E-state index in [1.165, 1.54) is 13.0 Å². The van der Waals surface area contributed by atoms with Crippen LogP contribution < -0.4 is 0 Å². The third-order valence-corrected chi connectivity index (χ3v) is 3.27. The van der Waals surface area contributed by atoms with Crippen LogP contribution >= 0.6 is 0 Å². The second-order valence-corrected chi connectivity index (χ2v) is 4.84. The van der Waals surface area contributed by atoms with E-state index in [9.17, 15) is 0 Å². The molecule has 0 aromatic carbocycles. The second kappa shape index (κ2) is 4.97. The number of oxazole rings is 1. The van der Waals surface area contributed by atoms with Crippen LogP contribution in [-0.4, -0.2) is 34.1 Å². The smallest absolute Gasteiger partial charge is 0.194 e. The van der Waals surface area contributed by atoms with Gasteiger partial charge in [-0.2, -0.15) is 0 Å². The Bertz CT molecular complexity index is 336. The van der Waals surface area contributed by atoms with Crippen LogP contribution in [-0.2, 0) is 13.0 Å². The first-order valence-corrected chi connectivity index (χ1v) is 5.97. The van der Waals surface area contributed by atoms with Crippen molar-refractivity contribution < 1.29 is 9.52 Å². The van der Waals surface area contributed by atoms with Crippen LogP contribution in [0.1, 0.15) is 31.9 Å². The number of aromatic nitrogens is 1. The number of aliphatic hydroxyl groups is 1. The van der Waals surface area contributed by atoms with Crippen LogP contribution in [0.25, 0.3) is 0 Å². The van der Waals surface area contributed by atoms with E-state index < -0.39 is 0 Å². The number of likely N-dealkylation sites (tertiary alicyclic amines) is 1. The lowest BCUT2D eigenvalue weighted by Crippen LogP contribution is -2.28. The Labute approximate surface area is 96.3 Å². The van der Waals surface area contributed by atoms with Crippen molar-refractivity contribution >= 4 is 0 Å². The summed E-state index contributed by atoms with van der Waals surface area (Å²) < 4.78 is 5.32. The lowest BCUT2D eigenvalue weighted by Gasteiger charge is -2.19. The first-order chi connectivity index (χ1) is 7.69. The third kappa shape index (κ3) is 2.62. The first kappa shape index (κ1) is 11.6. The van der Waals surface area contributed by atoms with Gasteiger partial charge in [0.05, 0.1) is 6.61 Å². The fraction of sp³-hybridized carbons (Fsp3) is 0.750. The van der Waals surface area contributed by atoms with E-state index in [-0.39, 0.29) is 6.61 Å². The van der Waals surface area contributed by atoms with Crippen LogP contribution in [0, 0.1) is 5.92 Å². The minimum atomic E-state index is -0.0354. The predicted molar refractivity (Wildman–Crippen MR) is 60.9 cm³/mol. The van der Waals surface area contributed by atoms with Gasteiger partial charge < -0.3 is 14.4 Å². The average Bonchev–Trinajstić information content (AvgIpc) is 2.87. The van der Waals surface area contributed by atoms with Crippen LogP contribution in [0.5, 0.6) is 0 Å². The number of hydrogen-bond donors (Lipinski definition) is 1. The number of nitrogens with zero attached hydrogens (tertiary/aromatic N) is 2. The van der Waals surface area contributed by atoms with E-state index in [4.69, 9.17) is 9.52 Å². The van der Waals surface area contributed by atoms with Gasteiger partial charge in [0, 0.05) is 19.0 Å². The minimum absolute atomic E-state index is 0.0354. The molecule has 1 unspecified atom stereocenters. The second-order valence-electron chi connectivity index (χ2n) is 4.84. The van der Waals surface area contributed by atoms with Crippen molar-refractivity contribution in [3.05, 3.63) is 17.8 Å². The molecule has 4 heteroatoms. The molecule has 16 heavy (non-hydrogen) atoms. The summed E-state index contributed by atoms with van der Waals surface area (Å²) in [6.45, 7) is 6.74. The molecule has 4 nitrogen and oxygen atoms in total. The first-order valence-electron chi connectivity index (χ1n) is 5.97. The van der Waals surface area contributed by atoms with Gasteiger partial charge in [0.1, 0.15) is 12.0 Å². The Balaban J connectivity index is 1.87. The van der Waals surface area contributed by atoms with Gasteiger partial charge in [0.2, 0.25) is 0 Å². The van der Waals surface area contributed by atoms with Crippen molar-refractivity contribution in [2.75, 3.05) is 13.1 Å². The highest BCUT2D eigenvalue weighted by molar-refractivity contribution is 4.96. The van der Waals surface area contributed by atoms with Crippen molar-refractivity contribution in [1.82, 2.24) is 9.88 Å². The Morgan fingerprint density at radius 3 is 3.00 bits per heavy atom. The van der Waals surface area contributed by atoms with E-state index >= 15 is 0 Å². The Morgan fingerprint density at radius 1 is 1.62 bits per heavy atom. The van der Waals surface area contributed by atoms with Crippen LogP contribution in [0.15, 0.2) is 10.7 Å². The van der Waals surface area contributed by atoms with E-state index in [0.717, 1.165) is 18.9 Å². The number of rotatable bonds is 4. The van der Waals surface area contributed by atoms with Crippen LogP contribution in [0.3, 0.4) is 0 Å². The zero-order valence-electron chi connectivity index (χ0n) is 10.0. The summed E-state index contributed by atoms with van der Waals surface area (Å²) >= 11 is 0. The number of aliphatic hydroxyl groups excluding tert-OH is 1. The monoisotopic (exact) mass is 224 g/mol. The van der Waals surface area contributed by atoms with Gasteiger partial charge in [-0.25, -0.2) is 4.98 Å². The van der Waals surface area contributed by atoms with E-state index in [0.29, 0.717) is 17.7 Å². The summed E-state index contributed by atoms with van der Waals surface area (Å²) in [4.78, 5) is 6.71. The molecule has 1 N–H and O–H groups in total. The highest BCUT2D eigenvalue weighted by Gasteiger charge is 2.25. The molecular weight excluding hydrogens is 204 g/mol. The summed E-state index contributed by atoms with van der Waals surface area (Å²) in [5.41, 5.74) is 0.633. The van der Waals surface area contributed by atoms with Crippen molar-refractivity contribution in [2.45, 2.75) is 39.3 Å². The number of hydrogen-bond acceptors (Lipinski definition) is 4. The molecule has 1 saturated heterocycles. The highest BCUT2D eigenvalue weighted by Crippen LogP contribution is 2.22. The Morgan fingerprint density at radius 2 is 2.44 bits per heavy atom. The van der Waals surface area contributed by atoms with Gasteiger partial charge in [-0.1, -0.05) is 0 Å². The summed E-state index contributed by atoms with van der Waals surface area (Å²) in [5, 5.41) is 8.90.